The molecule has 28 heavy (non-hydrogen) atoms. The van der Waals surface area contributed by atoms with Gasteiger partial charge in [0.05, 0.1) is 12.6 Å². The van der Waals surface area contributed by atoms with Crippen LogP contribution in [0.2, 0.25) is 0 Å². The van der Waals surface area contributed by atoms with E-state index in [0.29, 0.717) is 17.4 Å². The third-order valence-electron chi connectivity index (χ3n) is 4.91. The number of fused-ring (bicyclic) bond motifs is 1. The van der Waals surface area contributed by atoms with Crippen molar-refractivity contribution in [1.29, 1.82) is 0 Å². The Morgan fingerprint density at radius 1 is 1.11 bits per heavy atom. The first-order valence-corrected chi connectivity index (χ1v) is 9.36. The zero-order valence-corrected chi connectivity index (χ0v) is 16.1. The molecule has 4 rings (SSSR count). The topological polar surface area (TPSA) is 79.7 Å². The summed E-state index contributed by atoms with van der Waals surface area (Å²) in [4.78, 5) is 11.3. The Hall–Kier alpha value is -3.06. The van der Waals surface area contributed by atoms with Crippen LogP contribution in [-0.4, -0.2) is 53.3 Å². The van der Waals surface area contributed by atoms with Crippen LogP contribution in [0.5, 0.6) is 17.2 Å². The number of nitrogens with one attached hydrogen (secondary N) is 1. The molecule has 1 aliphatic rings. The minimum atomic E-state index is 0.108. The highest BCUT2D eigenvalue weighted by atomic mass is 16.5. The summed E-state index contributed by atoms with van der Waals surface area (Å²) in [6.07, 6.45) is 4.08. The first-order chi connectivity index (χ1) is 13.6. The third-order valence-corrected chi connectivity index (χ3v) is 4.91. The molecule has 7 nitrogen and oxygen atoms in total. The second-order valence-electron chi connectivity index (χ2n) is 7.08. The van der Waals surface area contributed by atoms with Crippen molar-refractivity contribution < 1.29 is 14.6 Å². The van der Waals surface area contributed by atoms with E-state index in [4.69, 9.17) is 9.47 Å². The average molecular weight is 380 g/mol. The van der Waals surface area contributed by atoms with E-state index in [1.807, 2.05) is 18.2 Å². The lowest BCUT2D eigenvalue weighted by Crippen LogP contribution is -2.35. The Morgan fingerprint density at radius 2 is 1.93 bits per heavy atom. The van der Waals surface area contributed by atoms with E-state index in [2.05, 4.69) is 27.2 Å². The van der Waals surface area contributed by atoms with Crippen LogP contribution in [0.15, 0.2) is 42.6 Å². The van der Waals surface area contributed by atoms with Crippen molar-refractivity contribution in [3.63, 3.8) is 0 Å². The fourth-order valence-corrected chi connectivity index (χ4v) is 3.33. The summed E-state index contributed by atoms with van der Waals surface area (Å²) in [5.41, 5.74) is 1.45. The Bertz CT molecular complexity index is 971. The smallest absolute Gasteiger partial charge is 0.227 e. The number of phenols is 1. The van der Waals surface area contributed by atoms with Gasteiger partial charge in [-0.15, -0.1) is 0 Å². The molecule has 0 atom stereocenters. The minimum absolute atomic E-state index is 0.108. The van der Waals surface area contributed by atoms with Crippen LogP contribution in [-0.2, 0) is 0 Å². The molecule has 1 fully saturated rings. The molecular formula is C21H24N4O3. The fraction of sp³-hybridized carbons (Fsp3) is 0.333. The largest absolute Gasteiger partial charge is 0.508 e. The number of piperidine rings is 1. The van der Waals surface area contributed by atoms with E-state index in [9.17, 15) is 5.11 Å². The number of anilines is 2. The van der Waals surface area contributed by atoms with E-state index in [1.165, 1.54) is 0 Å². The third kappa shape index (κ3) is 4.26. The first kappa shape index (κ1) is 18.3. The van der Waals surface area contributed by atoms with Crippen LogP contribution in [0.3, 0.4) is 0 Å². The van der Waals surface area contributed by atoms with Crippen molar-refractivity contribution >= 4 is 22.5 Å². The summed E-state index contributed by atoms with van der Waals surface area (Å²) in [6, 6.07) is 10.8. The first-order valence-electron chi connectivity index (χ1n) is 9.36. The van der Waals surface area contributed by atoms with Crippen molar-refractivity contribution in [2.75, 3.05) is 32.6 Å². The van der Waals surface area contributed by atoms with E-state index in [-0.39, 0.29) is 11.9 Å². The molecule has 2 N–H and O–H groups in total. The van der Waals surface area contributed by atoms with Crippen molar-refractivity contribution in [2.45, 2.75) is 18.9 Å². The van der Waals surface area contributed by atoms with E-state index in [0.717, 1.165) is 42.6 Å². The number of likely N-dealkylation sites (tertiary alicyclic amines) is 1. The monoisotopic (exact) mass is 380 g/mol. The highest BCUT2D eigenvalue weighted by Crippen LogP contribution is 2.28. The second-order valence-corrected chi connectivity index (χ2v) is 7.08. The van der Waals surface area contributed by atoms with Gasteiger partial charge in [0, 0.05) is 54.6 Å². The second kappa shape index (κ2) is 7.90. The van der Waals surface area contributed by atoms with Crippen LogP contribution in [0.25, 0.3) is 10.9 Å². The number of aromatic nitrogens is 2. The van der Waals surface area contributed by atoms with Crippen LogP contribution in [0.4, 0.5) is 11.6 Å². The van der Waals surface area contributed by atoms with E-state index in [1.54, 1.807) is 31.5 Å². The fourth-order valence-electron chi connectivity index (χ4n) is 3.33. The molecule has 0 bridgehead atoms. The van der Waals surface area contributed by atoms with E-state index < -0.39 is 0 Å². The highest BCUT2D eigenvalue weighted by molar-refractivity contribution is 5.80. The van der Waals surface area contributed by atoms with Crippen molar-refractivity contribution in [2.24, 2.45) is 0 Å². The Kier molecular flexibility index (Phi) is 5.16. The minimum Gasteiger partial charge on any atom is -0.508 e. The van der Waals surface area contributed by atoms with Gasteiger partial charge in [0.2, 0.25) is 5.95 Å². The summed E-state index contributed by atoms with van der Waals surface area (Å²) in [5.74, 6) is 1.93. The number of ether oxygens (including phenoxy) is 2. The Balaban J connectivity index is 1.53. The summed E-state index contributed by atoms with van der Waals surface area (Å²) in [5, 5.41) is 13.9. The van der Waals surface area contributed by atoms with Crippen molar-refractivity contribution in [3.05, 3.63) is 42.6 Å². The van der Waals surface area contributed by atoms with Gasteiger partial charge < -0.3 is 24.8 Å². The van der Waals surface area contributed by atoms with E-state index >= 15 is 0 Å². The van der Waals surface area contributed by atoms with Gasteiger partial charge in [0.25, 0.3) is 0 Å². The normalized spacial score (nSPS) is 15.5. The molecule has 3 aromatic rings. The van der Waals surface area contributed by atoms with Crippen molar-refractivity contribution in [1.82, 2.24) is 14.9 Å². The zero-order chi connectivity index (χ0) is 19.5. The molecule has 1 saturated heterocycles. The lowest BCUT2D eigenvalue weighted by Gasteiger charge is -2.29. The standard InChI is InChI=1S/C21H24N4O3/c1-25-7-5-17(6-8-25)28-18-4-3-14-13-22-21(24-20(14)12-18)23-15-9-16(26)11-19(10-15)27-2/h3-4,9-13,17,26H,5-8H2,1-2H3,(H,22,23,24). The molecule has 1 aromatic heterocycles. The molecular weight excluding hydrogens is 356 g/mol. The number of hydrogen-bond acceptors (Lipinski definition) is 7. The molecule has 0 spiro atoms. The molecule has 0 radical (unpaired) electrons. The summed E-state index contributed by atoms with van der Waals surface area (Å²) in [6.45, 7) is 2.11. The summed E-state index contributed by atoms with van der Waals surface area (Å²) >= 11 is 0. The zero-order valence-electron chi connectivity index (χ0n) is 16.1. The molecule has 2 heterocycles. The molecule has 146 valence electrons. The molecule has 1 aliphatic heterocycles. The predicted molar refractivity (Wildman–Crippen MR) is 109 cm³/mol. The SMILES string of the molecule is COc1cc(O)cc(Nc2ncc3ccc(OC4CCN(C)CC4)cc3n2)c1. The summed E-state index contributed by atoms with van der Waals surface area (Å²) < 4.78 is 11.3. The molecule has 0 amide bonds. The highest BCUT2D eigenvalue weighted by Gasteiger charge is 2.18. The lowest BCUT2D eigenvalue weighted by atomic mass is 10.1. The number of aromatic hydroxyl groups is 1. The maximum atomic E-state index is 9.80. The predicted octanol–water partition coefficient (Wildman–Crippen LogP) is 3.56. The van der Waals surface area contributed by atoms with Gasteiger partial charge in [-0.1, -0.05) is 0 Å². The number of rotatable bonds is 5. The van der Waals surface area contributed by atoms with Gasteiger partial charge in [-0.3, -0.25) is 0 Å². The number of phenolic OH excluding ortho intramolecular Hbond substituents is 1. The number of hydrogen-bond donors (Lipinski definition) is 2. The molecule has 0 saturated carbocycles. The Morgan fingerprint density at radius 3 is 2.71 bits per heavy atom. The molecule has 7 heteroatoms. The van der Waals surface area contributed by atoms with Gasteiger partial charge in [0.15, 0.2) is 0 Å². The molecule has 0 unspecified atom stereocenters. The van der Waals surface area contributed by atoms with Crippen LogP contribution in [0, 0.1) is 0 Å². The number of methoxy groups -OCH3 is 1. The number of nitrogens with zero attached hydrogens (tertiary/aromatic N) is 3. The van der Waals surface area contributed by atoms with Gasteiger partial charge in [-0.05, 0) is 32.0 Å². The average Bonchev–Trinajstić information content (AvgIpc) is 2.69. The maximum Gasteiger partial charge on any atom is 0.227 e. The summed E-state index contributed by atoms with van der Waals surface area (Å²) in [7, 11) is 3.69. The van der Waals surface area contributed by atoms with Crippen LogP contribution >= 0.6 is 0 Å². The maximum absolute atomic E-state index is 9.80. The molecule has 2 aromatic carbocycles. The lowest BCUT2D eigenvalue weighted by molar-refractivity contribution is 0.114. The van der Waals surface area contributed by atoms with Crippen molar-refractivity contribution in [3.8, 4) is 17.2 Å². The van der Waals surface area contributed by atoms with Crippen LogP contribution < -0.4 is 14.8 Å². The Labute approximate surface area is 163 Å². The molecule has 0 aliphatic carbocycles. The number of benzene rings is 2. The van der Waals surface area contributed by atoms with Gasteiger partial charge in [-0.25, -0.2) is 9.97 Å². The van der Waals surface area contributed by atoms with Gasteiger partial charge in [0.1, 0.15) is 23.4 Å². The van der Waals surface area contributed by atoms with Gasteiger partial charge >= 0.3 is 0 Å². The quantitative estimate of drug-likeness (QED) is 0.700. The van der Waals surface area contributed by atoms with Crippen LogP contribution in [0.1, 0.15) is 12.8 Å². The van der Waals surface area contributed by atoms with Gasteiger partial charge in [-0.2, -0.15) is 0 Å².